The average Bonchev–Trinajstić information content (AvgIpc) is 2.76. The molecular weight excluding hydrogens is 267 g/mol. The van der Waals surface area contributed by atoms with Gasteiger partial charge in [-0.2, -0.15) is 0 Å². The van der Waals surface area contributed by atoms with Gasteiger partial charge in [0.1, 0.15) is 10.8 Å². The molecule has 0 amide bonds. The largest absolute Gasteiger partial charge is 0.290 e. The van der Waals surface area contributed by atoms with Crippen LogP contribution in [0.25, 0.3) is 5.65 Å². The number of aromatic nitrogens is 2. The van der Waals surface area contributed by atoms with E-state index in [-0.39, 0.29) is 0 Å². The number of rotatable bonds is 2. The van der Waals surface area contributed by atoms with Gasteiger partial charge in [0.2, 0.25) is 0 Å². The minimum Gasteiger partial charge on any atom is -0.290 e. The van der Waals surface area contributed by atoms with Crippen LogP contribution in [0.4, 0.5) is 0 Å². The molecule has 4 heteroatoms. The van der Waals surface area contributed by atoms with Crippen LogP contribution >= 0.6 is 23.2 Å². The second-order valence-electron chi connectivity index (χ2n) is 4.08. The normalized spacial score (nSPS) is 11.0. The van der Waals surface area contributed by atoms with Gasteiger partial charge < -0.3 is 0 Å². The predicted octanol–water partition coefficient (Wildman–Crippen LogP) is 4.23. The molecule has 90 valence electrons. The Kier molecular flexibility index (Phi) is 2.98. The van der Waals surface area contributed by atoms with Gasteiger partial charge in [-0.25, -0.2) is 4.98 Å². The number of imidazole rings is 1. The predicted molar refractivity (Wildman–Crippen MR) is 74.5 cm³/mol. The Labute approximate surface area is 115 Å². The van der Waals surface area contributed by atoms with Gasteiger partial charge >= 0.3 is 0 Å². The van der Waals surface area contributed by atoms with Gasteiger partial charge in [-0.05, 0) is 23.8 Å². The molecule has 0 aliphatic rings. The summed E-state index contributed by atoms with van der Waals surface area (Å²) in [6.45, 7) is 0. The maximum atomic E-state index is 6.14. The van der Waals surface area contributed by atoms with E-state index >= 15 is 0 Å². The van der Waals surface area contributed by atoms with Gasteiger partial charge in [-0.15, -0.1) is 0 Å². The van der Waals surface area contributed by atoms with Crippen molar-refractivity contribution in [2.24, 2.45) is 0 Å². The quantitative estimate of drug-likeness (QED) is 0.641. The minimum atomic E-state index is 0.658. The van der Waals surface area contributed by atoms with E-state index in [2.05, 4.69) is 4.98 Å². The molecule has 2 heterocycles. The molecule has 3 aromatic rings. The molecule has 0 spiro atoms. The monoisotopic (exact) mass is 276 g/mol. The highest BCUT2D eigenvalue weighted by Gasteiger charge is 2.06. The second kappa shape index (κ2) is 4.63. The van der Waals surface area contributed by atoms with Gasteiger partial charge in [0.05, 0.1) is 5.69 Å². The molecule has 0 radical (unpaired) electrons. The van der Waals surface area contributed by atoms with Gasteiger partial charge in [-0.3, -0.25) is 4.40 Å². The molecule has 0 unspecified atom stereocenters. The fourth-order valence-electron chi connectivity index (χ4n) is 1.95. The second-order valence-corrected chi connectivity index (χ2v) is 4.87. The Morgan fingerprint density at radius 2 is 1.83 bits per heavy atom. The van der Waals surface area contributed by atoms with Crippen LogP contribution in [0.15, 0.2) is 48.7 Å². The van der Waals surface area contributed by atoms with Crippen LogP contribution in [0.5, 0.6) is 0 Å². The number of fused-ring (bicyclic) bond motifs is 1. The molecule has 2 nitrogen and oxygen atoms in total. The zero-order chi connectivity index (χ0) is 12.5. The number of pyridine rings is 1. The highest BCUT2D eigenvalue weighted by molar-refractivity contribution is 6.31. The Morgan fingerprint density at radius 3 is 2.61 bits per heavy atom. The zero-order valence-electron chi connectivity index (χ0n) is 9.48. The van der Waals surface area contributed by atoms with E-state index in [4.69, 9.17) is 23.2 Å². The molecule has 0 bridgehead atoms. The van der Waals surface area contributed by atoms with Crippen LogP contribution in [-0.4, -0.2) is 9.38 Å². The lowest BCUT2D eigenvalue weighted by molar-refractivity contribution is 1.11. The molecule has 0 atom stereocenters. The van der Waals surface area contributed by atoms with Crippen molar-refractivity contribution in [3.8, 4) is 0 Å². The van der Waals surface area contributed by atoms with E-state index in [9.17, 15) is 0 Å². The van der Waals surface area contributed by atoms with Crippen molar-refractivity contribution in [3.05, 3.63) is 70.1 Å². The highest BCUT2D eigenvalue weighted by atomic mass is 35.5. The van der Waals surface area contributed by atoms with Gasteiger partial charge in [-0.1, -0.05) is 47.5 Å². The van der Waals surface area contributed by atoms with Crippen molar-refractivity contribution < 1.29 is 0 Å². The van der Waals surface area contributed by atoms with Crippen molar-refractivity contribution in [3.63, 3.8) is 0 Å². The first-order valence-corrected chi connectivity index (χ1v) is 6.35. The van der Waals surface area contributed by atoms with Gasteiger partial charge in [0.25, 0.3) is 0 Å². The molecule has 0 N–H and O–H groups in total. The van der Waals surface area contributed by atoms with E-state index in [1.165, 1.54) is 0 Å². The summed E-state index contributed by atoms with van der Waals surface area (Å²) in [7, 11) is 0. The molecule has 1 aromatic carbocycles. The molecule has 0 saturated heterocycles. The molecule has 0 saturated carbocycles. The number of hydrogen-bond acceptors (Lipinski definition) is 1. The number of nitrogens with zero attached hydrogens (tertiary/aromatic N) is 2. The summed E-state index contributed by atoms with van der Waals surface area (Å²) < 4.78 is 1.87. The first-order chi connectivity index (χ1) is 8.74. The van der Waals surface area contributed by atoms with E-state index in [1.807, 2.05) is 53.1 Å². The number of halogens is 2. The smallest absolute Gasteiger partial charge is 0.138 e. The molecule has 2 aromatic heterocycles. The topological polar surface area (TPSA) is 17.3 Å². The number of benzene rings is 1. The summed E-state index contributed by atoms with van der Waals surface area (Å²) in [6, 6.07) is 13.5. The fraction of sp³-hybridized carbons (Fsp3) is 0.0714. The van der Waals surface area contributed by atoms with Gasteiger partial charge in [0.15, 0.2) is 0 Å². The van der Waals surface area contributed by atoms with Crippen molar-refractivity contribution in [2.45, 2.75) is 6.42 Å². The summed E-state index contributed by atoms with van der Waals surface area (Å²) in [6.07, 6.45) is 2.65. The summed E-state index contributed by atoms with van der Waals surface area (Å²) in [5, 5.41) is 1.42. The van der Waals surface area contributed by atoms with Crippen LogP contribution < -0.4 is 0 Å². The molecule has 0 aliphatic heterocycles. The zero-order valence-corrected chi connectivity index (χ0v) is 11.0. The Balaban J connectivity index is 2.01. The maximum Gasteiger partial charge on any atom is 0.138 e. The lowest BCUT2D eigenvalue weighted by Crippen LogP contribution is -1.88. The van der Waals surface area contributed by atoms with Crippen molar-refractivity contribution in [1.29, 1.82) is 0 Å². The molecule has 0 aliphatic carbocycles. The van der Waals surface area contributed by atoms with E-state index < -0.39 is 0 Å². The Bertz CT molecular complexity index is 704. The van der Waals surface area contributed by atoms with Crippen molar-refractivity contribution >= 4 is 28.8 Å². The molecule has 0 fully saturated rings. The highest BCUT2D eigenvalue weighted by Crippen LogP contribution is 2.20. The SMILES string of the molecule is Clc1ccccc1Cc1cn2c(Cl)cccc2n1. The van der Waals surface area contributed by atoms with E-state index in [0.29, 0.717) is 11.6 Å². The lowest BCUT2D eigenvalue weighted by Gasteiger charge is -2.00. The third-order valence-electron chi connectivity index (χ3n) is 2.82. The standard InChI is InChI=1S/C14H10Cl2N2/c15-12-5-2-1-4-10(12)8-11-9-18-13(16)6-3-7-14(18)17-11/h1-7,9H,8H2. The van der Waals surface area contributed by atoms with Crippen LogP contribution in [-0.2, 0) is 6.42 Å². The molecule has 3 rings (SSSR count). The third kappa shape index (κ3) is 2.09. The van der Waals surface area contributed by atoms with Crippen LogP contribution in [0, 0.1) is 0 Å². The summed E-state index contributed by atoms with van der Waals surface area (Å²) >= 11 is 12.2. The average molecular weight is 277 g/mol. The van der Waals surface area contributed by atoms with Crippen molar-refractivity contribution in [2.75, 3.05) is 0 Å². The summed E-state index contributed by atoms with van der Waals surface area (Å²) in [5.74, 6) is 0. The third-order valence-corrected chi connectivity index (χ3v) is 3.50. The fourth-order valence-corrected chi connectivity index (χ4v) is 2.36. The van der Waals surface area contributed by atoms with Crippen LogP contribution in [0.1, 0.15) is 11.3 Å². The first-order valence-electron chi connectivity index (χ1n) is 5.60. The lowest BCUT2D eigenvalue weighted by atomic mass is 10.1. The van der Waals surface area contributed by atoms with E-state index in [1.54, 1.807) is 0 Å². The number of hydrogen-bond donors (Lipinski definition) is 0. The first kappa shape index (κ1) is 11.6. The Morgan fingerprint density at radius 1 is 1.00 bits per heavy atom. The molecule has 18 heavy (non-hydrogen) atoms. The summed E-state index contributed by atoms with van der Waals surface area (Å²) in [5.41, 5.74) is 2.87. The van der Waals surface area contributed by atoms with Gasteiger partial charge in [0, 0.05) is 17.6 Å². The van der Waals surface area contributed by atoms with Crippen molar-refractivity contribution in [1.82, 2.24) is 9.38 Å². The van der Waals surface area contributed by atoms with Crippen LogP contribution in [0.2, 0.25) is 10.2 Å². The maximum absolute atomic E-state index is 6.14. The van der Waals surface area contributed by atoms with E-state index in [0.717, 1.165) is 21.9 Å². The minimum absolute atomic E-state index is 0.658. The molecular formula is C14H10Cl2N2. The Hall–Kier alpha value is -1.51. The van der Waals surface area contributed by atoms with Crippen LogP contribution in [0.3, 0.4) is 0 Å². The summed E-state index contributed by atoms with van der Waals surface area (Å²) in [4.78, 5) is 4.53.